The zero-order valence-corrected chi connectivity index (χ0v) is 4.16. The van der Waals surface area contributed by atoms with E-state index in [1.807, 2.05) is 0 Å². The Bertz CT molecular complexity index is 151. The smallest absolute Gasteiger partial charge is 0.266 e. The van der Waals surface area contributed by atoms with E-state index in [0.717, 1.165) is 0 Å². The summed E-state index contributed by atoms with van der Waals surface area (Å²) in [6.07, 6.45) is 1.32. The molecule has 4 heteroatoms. The fourth-order valence-corrected chi connectivity index (χ4v) is 0.362. The van der Waals surface area contributed by atoms with E-state index in [2.05, 4.69) is 22.7 Å². The molecule has 1 amide bonds. The summed E-state index contributed by atoms with van der Waals surface area (Å²) >= 11 is 4.48. The summed E-state index contributed by atoms with van der Waals surface area (Å²) in [6, 6.07) is 0. The van der Waals surface area contributed by atoms with Gasteiger partial charge in [0.25, 0.3) is 5.91 Å². The molecule has 1 rings (SSSR count). The number of carbonyl (C=O) groups is 1. The van der Waals surface area contributed by atoms with Crippen molar-refractivity contribution < 1.29 is 4.79 Å². The van der Waals surface area contributed by atoms with Crippen LogP contribution in [0.3, 0.4) is 0 Å². The number of hydrazone groups is 1. The molecule has 0 aromatic heterocycles. The molecule has 0 spiro atoms. The van der Waals surface area contributed by atoms with Crippen LogP contribution >= 0.6 is 12.2 Å². The summed E-state index contributed by atoms with van der Waals surface area (Å²) in [5.41, 5.74) is 2.16. The Kier molecular flexibility index (Phi) is 0.867. The highest BCUT2D eigenvalue weighted by molar-refractivity contribution is 7.83. The number of thiocarbonyl (C=S) groups is 1. The molecule has 1 aliphatic heterocycles. The van der Waals surface area contributed by atoms with Gasteiger partial charge in [0.2, 0.25) is 0 Å². The quantitative estimate of drug-likeness (QED) is 0.430. The molecule has 0 unspecified atom stereocenters. The molecule has 0 radical (unpaired) electrons. The molecule has 7 heavy (non-hydrogen) atoms. The van der Waals surface area contributed by atoms with Crippen molar-refractivity contribution in [2.24, 2.45) is 5.10 Å². The maximum Gasteiger partial charge on any atom is 0.283 e. The van der Waals surface area contributed by atoms with Crippen molar-refractivity contribution in [1.29, 1.82) is 0 Å². The molecule has 0 aromatic carbocycles. The lowest BCUT2D eigenvalue weighted by atomic mass is 10.5. The first-order valence-electron chi connectivity index (χ1n) is 1.68. The van der Waals surface area contributed by atoms with Gasteiger partial charge in [-0.3, -0.25) is 4.79 Å². The topological polar surface area (TPSA) is 41.5 Å². The molecule has 1 heterocycles. The second-order valence-corrected chi connectivity index (χ2v) is 1.50. The summed E-state index contributed by atoms with van der Waals surface area (Å²) in [4.78, 5) is 10.4. The first kappa shape index (κ1) is 4.39. The first-order valence-corrected chi connectivity index (χ1v) is 2.09. The van der Waals surface area contributed by atoms with Crippen molar-refractivity contribution in [1.82, 2.24) is 5.43 Å². The molecule has 0 saturated heterocycles. The van der Waals surface area contributed by atoms with E-state index >= 15 is 0 Å². The second kappa shape index (κ2) is 1.38. The Balaban J connectivity index is 2.81. The maximum absolute atomic E-state index is 10.2. The van der Waals surface area contributed by atoms with Gasteiger partial charge in [0.05, 0.1) is 6.21 Å². The predicted molar refractivity (Wildman–Crippen MR) is 29.2 cm³/mol. The Labute approximate surface area is 45.4 Å². The molecule has 0 aliphatic carbocycles. The molecule has 36 valence electrons. The van der Waals surface area contributed by atoms with Gasteiger partial charge < -0.3 is 0 Å². The average molecular weight is 114 g/mol. The molecule has 0 bridgehead atoms. The Morgan fingerprint density at radius 2 is 2.57 bits per heavy atom. The highest BCUT2D eigenvalue weighted by Gasteiger charge is 2.09. The van der Waals surface area contributed by atoms with Crippen LogP contribution in [-0.4, -0.2) is 17.0 Å². The number of hydrogen-bond donors (Lipinski definition) is 1. The van der Waals surface area contributed by atoms with Crippen LogP contribution in [0.25, 0.3) is 0 Å². The third-order valence-corrected chi connectivity index (χ3v) is 0.862. The molecule has 0 aromatic rings. The molecule has 1 aliphatic rings. The summed E-state index contributed by atoms with van der Waals surface area (Å²) < 4.78 is 0. The van der Waals surface area contributed by atoms with E-state index in [0.29, 0.717) is 0 Å². The van der Waals surface area contributed by atoms with Gasteiger partial charge in [-0.05, 0) is 0 Å². The highest BCUT2D eigenvalue weighted by Crippen LogP contribution is 1.80. The number of nitrogens with one attached hydrogen (secondary N) is 1. The van der Waals surface area contributed by atoms with Crippen molar-refractivity contribution in [3.05, 3.63) is 0 Å². The second-order valence-electron chi connectivity index (χ2n) is 1.06. The number of nitrogens with zero attached hydrogens (tertiary/aromatic N) is 1. The van der Waals surface area contributed by atoms with Crippen LogP contribution in [0.2, 0.25) is 0 Å². The summed E-state index contributed by atoms with van der Waals surface area (Å²) in [6.45, 7) is 0. The van der Waals surface area contributed by atoms with Gasteiger partial charge in [-0.15, -0.1) is 0 Å². The third kappa shape index (κ3) is 0.640. The van der Waals surface area contributed by atoms with Crippen molar-refractivity contribution >= 4 is 29.2 Å². The summed E-state index contributed by atoms with van der Waals surface area (Å²) in [5, 5.41) is 3.38. The first-order chi connectivity index (χ1) is 3.30. The highest BCUT2D eigenvalue weighted by atomic mass is 32.1. The summed E-state index contributed by atoms with van der Waals surface area (Å²) in [5.74, 6) is -0.282. The number of carbonyl (C=O) groups excluding carboxylic acids is 1. The molecule has 0 atom stereocenters. The van der Waals surface area contributed by atoms with Crippen LogP contribution in [0.15, 0.2) is 5.10 Å². The van der Waals surface area contributed by atoms with E-state index in [-0.39, 0.29) is 10.8 Å². The average Bonchev–Trinajstić information content (AvgIpc) is 1.91. The molecule has 0 saturated carbocycles. The van der Waals surface area contributed by atoms with Crippen molar-refractivity contribution in [3.63, 3.8) is 0 Å². The molecule has 3 nitrogen and oxygen atoms in total. The van der Waals surface area contributed by atoms with Crippen molar-refractivity contribution in [2.45, 2.75) is 0 Å². The fraction of sp³-hybridized carbons (Fsp3) is 0. The number of amides is 1. The van der Waals surface area contributed by atoms with Crippen LogP contribution in [0.5, 0.6) is 0 Å². The summed E-state index contributed by atoms with van der Waals surface area (Å²) in [7, 11) is 0. The van der Waals surface area contributed by atoms with Crippen LogP contribution in [0.4, 0.5) is 0 Å². The number of rotatable bonds is 0. The fourth-order valence-electron chi connectivity index (χ4n) is 0.263. The minimum Gasteiger partial charge on any atom is -0.266 e. The van der Waals surface area contributed by atoms with Gasteiger partial charge >= 0.3 is 0 Å². The van der Waals surface area contributed by atoms with Gasteiger partial charge in [0.1, 0.15) is 4.86 Å². The van der Waals surface area contributed by atoms with E-state index in [4.69, 9.17) is 0 Å². The van der Waals surface area contributed by atoms with E-state index in [9.17, 15) is 4.79 Å². The van der Waals surface area contributed by atoms with Crippen LogP contribution in [0.1, 0.15) is 0 Å². The minimum absolute atomic E-state index is 0.250. The maximum atomic E-state index is 10.2. The lowest BCUT2D eigenvalue weighted by Gasteiger charge is -1.78. The minimum atomic E-state index is -0.282. The van der Waals surface area contributed by atoms with Crippen molar-refractivity contribution in [3.8, 4) is 0 Å². The van der Waals surface area contributed by atoms with Crippen LogP contribution in [0, 0.1) is 0 Å². The lowest BCUT2D eigenvalue weighted by molar-refractivity contribution is -0.114. The van der Waals surface area contributed by atoms with Crippen molar-refractivity contribution in [2.75, 3.05) is 0 Å². The lowest BCUT2D eigenvalue weighted by Crippen LogP contribution is -2.17. The van der Waals surface area contributed by atoms with Gasteiger partial charge in [0, 0.05) is 0 Å². The monoisotopic (exact) mass is 114 g/mol. The Hall–Kier alpha value is -0.770. The van der Waals surface area contributed by atoms with Crippen LogP contribution < -0.4 is 5.43 Å². The van der Waals surface area contributed by atoms with Gasteiger partial charge in [0.15, 0.2) is 0 Å². The molecule has 0 fully saturated rings. The number of hydrogen-bond acceptors (Lipinski definition) is 3. The van der Waals surface area contributed by atoms with Gasteiger partial charge in [-0.1, -0.05) is 12.2 Å². The van der Waals surface area contributed by atoms with Crippen LogP contribution in [-0.2, 0) is 4.79 Å². The van der Waals surface area contributed by atoms with Gasteiger partial charge in [-0.25, -0.2) is 5.43 Å². The Morgan fingerprint density at radius 3 is 2.71 bits per heavy atom. The molecular formula is C3H2N2OS. The third-order valence-electron chi connectivity index (χ3n) is 0.572. The Morgan fingerprint density at radius 1 is 1.86 bits per heavy atom. The normalized spacial score (nSPS) is 17.7. The zero-order chi connectivity index (χ0) is 5.28. The van der Waals surface area contributed by atoms with Gasteiger partial charge in [-0.2, -0.15) is 5.10 Å². The molecular weight excluding hydrogens is 112 g/mol. The predicted octanol–water partition coefficient (Wildman–Crippen LogP) is -0.528. The zero-order valence-electron chi connectivity index (χ0n) is 3.34. The van der Waals surface area contributed by atoms with E-state index in [1.165, 1.54) is 6.21 Å². The van der Waals surface area contributed by atoms with E-state index in [1.54, 1.807) is 0 Å². The standard InChI is InChI=1S/C3H2N2OS/c6-3-2(7)1-4-5-3/h1H,(H,5,6,7). The SMILES string of the molecule is O=C1NN=CC1=S. The largest absolute Gasteiger partial charge is 0.283 e. The van der Waals surface area contributed by atoms with E-state index < -0.39 is 0 Å². The molecule has 1 N–H and O–H groups in total.